The third-order valence-electron chi connectivity index (χ3n) is 4.47. The highest BCUT2D eigenvalue weighted by atomic mass is 16.5. The van der Waals surface area contributed by atoms with Crippen LogP contribution in [0, 0.1) is 22.7 Å². The Morgan fingerprint density at radius 1 is 1.58 bits per heavy atom. The minimum Gasteiger partial charge on any atom is -0.379 e. The smallest absolute Gasteiger partial charge is 0.221 e. The molecule has 1 aliphatic carbocycles. The van der Waals surface area contributed by atoms with E-state index in [1.54, 1.807) is 7.11 Å². The van der Waals surface area contributed by atoms with Crippen LogP contribution in [-0.4, -0.2) is 37.9 Å². The Balaban J connectivity index is 1.90. The molecule has 0 spiro atoms. The fourth-order valence-electron chi connectivity index (χ4n) is 2.83. The molecule has 1 aliphatic heterocycles. The molecule has 3 atom stereocenters. The first-order valence-corrected chi connectivity index (χ1v) is 6.77. The van der Waals surface area contributed by atoms with E-state index in [1.165, 1.54) is 0 Å². The summed E-state index contributed by atoms with van der Waals surface area (Å²) in [7, 11) is 1.64. The van der Waals surface area contributed by atoms with Crippen molar-refractivity contribution in [1.82, 2.24) is 5.32 Å². The number of hydrogen-bond acceptors (Lipinski definition) is 4. The van der Waals surface area contributed by atoms with E-state index in [4.69, 9.17) is 9.47 Å². The van der Waals surface area contributed by atoms with Crippen molar-refractivity contribution < 1.29 is 14.3 Å². The van der Waals surface area contributed by atoms with Crippen LogP contribution >= 0.6 is 0 Å². The van der Waals surface area contributed by atoms with Crippen LogP contribution in [0.2, 0.25) is 0 Å². The van der Waals surface area contributed by atoms with Crippen molar-refractivity contribution in [2.24, 2.45) is 11.3 Å². The fraction of sp³-hybridized carbons (Fsp3) is 0.857. The molecule has 0 aromatic carbocycles. The number of amides is 1. The predicted molar refractivity (Wildman–Crippen MR) is 69.2 cm³/mol. The van der Waals surface area contributed by atoms with E-state index in [9.17, 15) is 10.1 Å². The molecule has 106 valence electrons. The Labute approximate surface area is 114 Å². The minimum absolute atomic E-state index is 0.0234. The van der Waals surface area contributed by atoms with Crippen LogP contribution in [-0.2, 0) is 14.3 Å². The zero-order chi connectivity index (χ0) is 14.1. The van der Waals surface area contributed by atoms with Crippen LogP contribution in [0.1, 0.15) is 33.1 Å². The molecule has 1 N–H and O–H groups in total. The van der Waals surface area contributed by atoms with Gasteiger partial charge in [-0.1, -0.05) is 13.8 Å². The second kappa shape index (κ2) is 5.10. The average molecular weight is 266 g/mol. The number of nitriles is 1. The van der Waals surface area contributed by atoms with E-state index in [1.807, 2.05) is 13.8 Å². The van der Waals surface area contributed by atoms with Crippen LogP contribution in [0.5, 0.6) is 0 Å². The normalized spacial score (nSPS) is 36.3. The maximum Gasteiger partial charge on any atom is 0.221 e. The number of nitrogens with zero attached hydrogens (tertiary/aromatic N) is 1. The molecule has 3 unspecified atom stereocenters. The van der Waals surface area contributed by atoms with E-state index >= 15 is 0 Å². The van der Waals surface area contributed by atoms with E-state index in [0.29, 0.717) is 19.6 Å². The topological polar surface area (TPSA) is 71.3 Å². The SMILES string of the molecule is COC1COCCC1CC(=O)NC1(C#N)CC1(C)C. The van der Waals surface area contributed by atoms with Crippen molar-refractivity contribution >= 4 is 5.91 Å². The highest BCUT2D eigenvalue weighted by molar-refractivity contribution is 5.78. The molecule has 1 saturated heterocycles. The van der Waals surface area contributed by atoms with Gasteiger partial charge in [-0.3, -0.25) is 4.79 Å². The highest BCUT2D eigenvalue weighted by Gasteiger charge is 2.63. The van der Waals surface area contributed by atoms with Gasteiger partial charge in [0.2, 0.25) is 5.91 Å². The summed E-state index contributed by atoms with van der Waals surface area (Å²) in [5.74, 6) is 0.123. The molecule has 2 rings (SSSR count). The lowest BCUT2D eigenvalue weighted by atomic mass is 9.93. The number of ether oxygens (including phenoxy) is 2. The first-order chi connectivity index (χ1) is 8.94. The molecule has 2 aliphatic rings. The molecule has 5 nitrogen and oxygen atoms in total. The van der Waals surface area contributed by atoms with Gasteiger partial charge in [-0.2, -0.15) is 5.26 Å². The summed E-state index contributed by atoms with van der Waals surface area (Å²) in [6.07, 6.45) is 1.93. The van der Waals surface area contributed by atoms with Crippen molar-refractivity contribution in [2.75, 3.05) is 20.3 Å². The van der Waals surface area contributed by atoms with Crippen LogP contribution in [0.25, 0.3) is 0 Å². The lowest BCUT2D eigenvalue weighted by Crippen LogP contribution is -2.43. The lowest BCUT2D eigenvalue weighted by Gasteiger charge is -2.30. The number of nitrogens with one attached hydrogen (secondary N) is 1. The third kappa shape index (κ3) is 2.75. The third-order valence-corrected chi connectivity index (χ3v) is 4.47. The summed E-state index contributed by atoms with van der Waals surface area (Å²) in [5, 5.41) is 12.1. The molecule has 1 amide bonds. The monoisotopic (exact) mass is 266 g/mol. The van der Waals surface area contributed by atoms with Gasteiger partial charge in [0.15, 0.2) is 0 Å². The molecule has 0 aromatic heterocycles. The van der Waals surface area contributed by atoms with Gasteiger partial charge in [0.1, 0.15) is 5.54 Å². The predicted octanol–water partition coefficient (Wildman–Crippen LogP) is 1.24. The lowest BCUT2D eigenvalue weighted by molar-refractivity contribution is -0.127. The zero-order valence-corrected chi connectivity index (χ0v) is 11.9. The molecule has 5 heteroatoms. The number of carbonyl (C=O) groups excluding carboxylic acids is 1. The standard InChI is InChI=1S/C14H22N2O3/c1-13(2)8-14(13,9-15)16-12(17)6-10-4-5-19-7-11(10)18-3/h10-11H,4-8H2,1-3H3,(H,16,17). The van der Waals surface area contributed by atoms with Gasteiger partial charge < -0.3 is 14.8 Å². The van der Waals surface area contributed by atoms with Crippen LogP contribution in [0.15, 0.2) is 0 Å². The summed E-state index contributed by atoms with van der Waals surface area (Å²) in [6, 6.07) is 2.25. The Morgan fingerprint density at radius 3 is 2.79 bits per heavy atom. The minimum atomic E-state index is -0.669. The Bertz CT molecular complexity index is 402. The summed E-state index contributed by atoms with van der Waals surface area (Å²) < 4.78 is 10.7. The summed E-state index contributed by atoms with van der Waals surface area (Å²) >= 11 is 0. The van der Waals surface area contributed by atoms with Gasteiger partial charge >= 0.3 is 0 Å². The van der Waals surface area contributed by atoms with Crippen molar-refractivity contribution in [3.05, 3.63) is 0 Å². The number of methoxy groups -OCH3 is 1. The Kier molecular flexibility index (Phi) is 3.84. The number of carbonyl (C=O) groups is 1. The first-order valence-electron chi connectivity index (χ1n) is 6.77. The maximum atomic E-state index is 12.1. The van der Waals surface area contributed by atoms with Crippen molar-refractivity contribution in [3.63, 3.8) is 0 Å². The van der Waals surface area contributed by atoms with Crippen molar-refractivity contribution in [3.8, 4) is 6.07 Å². The molecule has 0 aromatic rings. The maximum absolute atomic E-state index is 12.1. The Morgan fingerprint density at radius 2 is 2.26 bits per heavy atom. The summed E-state index contributed by atoms with van der Waals surface area (Å²) in [5.41, 5.74) is -0.786. The molecule has 0 bridgehead atoms. The van der Waals surface area contributed by atoms with Crippen molar-refractivity contribution in [2.45, 2.75) is 44.8 Å². The van der Waals surface area contributed by atoms with Crippen LogP contribution < -0.4 is 5.32 Å². The average Bonchev–Trinajstić information content (AvgIpc) is 2.91. The molecule has 19 heavy (non-hydrogen) atoms. The second-order valence-electron chi connectivity index (χ2n) is 6.23. The van der Waals surface area contributed by atoms with Gasteiger partial charge in [0.25, 0.3) is 0 Å². The molecule has 1 heterocycles. The first kappa shape index (κ1) is 14.3. The van der Waals surface area contributed by atoms with E-state index in [-0.39, 0.29) is 23.3 Å². The van der Waals surface area contributed by atoms with E-state index in [0.717, 1.165) is 12.8 Å². The van der Waals surface area contributed by atoms with Gasteiger partial charge in [0, 0.05) is 25.6 Å². The van der Waals surface area contributed by atoms with E-state index < -0.39 is 5.54 Å². The highest BCUT2D eigenvalue weighted by Crippen LogP contribution is 2.55. The van der Waals surface area contributed by atoms with Gasteiger partial charge in [-0.25, -0.2) is 0 Å². The molecular formula is C14H22N2O3. The fourth-order valence-corrected chi connectivity index (χ4v) is 2.83. The van der Waals surface area contributed by atoms with Crippen LogP contribution in [0.4, 0.5) is 0 Å². The zero-order valence-electron chi connectivity index (χ0n) is 11.9. The molecule has 1 saturated carbocycles. The van der Waals surface area contributed by atoms with Gasteiger partial charge in [-0.15, -0.1) is 0 Å². The number of rotatable bonds is 4. The van der Waals surface area contributed by atoms with Crippen LogP contribution in [0.3, 0.4) is 0 Å². The number of hydrogen-bond donors (Lipinski definition) is 1. The van der Waals surface area contributed by atoms with Gasteiger partial charge in [-0.05, 0) is 18.8 Å². The summed E-state index contributed by atoms with van der Waals surface area (Å²) in [6.45, 7) is 5.22. The summed E-state index contributed by atoms with van der Waals surface area (Å²) in [4.78, 5) is 12.1. The quantitative estimate of drug-likeness (QED) is 0.831. The van der Waals surface area contributed by atoms with Crippen molar-refractivity contribution in [1.29, 1.82) is 5.26 Å². The molecular weight excluding hydrogens is 244 g/mol. The van der Waals surface area contributed by atoms with E-state index in [2.05, 4.69) is 11.4 Å². The second-order valence-corrected chi connectivity index (χ2v) is 6.23. The largest absolute Gasteiger partial charge is 0.379 e. The molecule has 0 radical (unpaired) electrons. The van der Waals surface area contributed by atoms with Gasteiger partial charge in [0.05, 0.1) is 18.8 Å². The molecule has 2 fully saturated rings. The Hall–Kier alpha value is -1.12.